The lowest BCUT2D eigenvalue weighted by Gasteiger charge is -2.41. The number of hydrogen-bond acceptors (Lipinski definition) is 1. The topological polar surface area (TPSA) is 20.2 Å². The summed E-state index contributed by atoms with van der Waals surface area (Å²) in [6.45, 7) is 4.25. The summed E-state index contributed by atoms with van der Waals surface area (Å²) in [5, 5.41) is 10.7. The highest BCUT2D eigenvalue weighted by Crippen LogP contribution is 2.43. The van der Waals surface area contributed by atoms with Gasteiger partial charge < -0.3 is 5.11 Å². The lowest BCUT2D eigenvalue weighted by molar-refractivity contribution is -0.0627. The Bertz CT molecular complexity index is 360. The Balaban J connectivity index is 2.32. The van der Waals surface area contributed by atoms with Gasteiger partial charge in [-0.2, -0.15) is 0 Å². The molecule has 0 heterocycles. The Hall–Kier alpha value is -0.890. The Kier molecular flexibility index (Phi) is 3.02. The van der Waals surface area contributed by atoms with E-state index in [4.69, 9.17) is 0 Å². The minimum Gasteiger partial charge on any atom is -0.385 e. The minimum atomic E-state index is -0.772. The second-order valence-electron chi connectivity index (χ2n) is 5.22. The van der Waals surface area contributed by atoms with E-state index in [1.165, 1.54) is 18.6 Å². The maximum atomic E-state index is 12.9. The van der Waals surface area contributed by atoms with Crippen molar-refractivity contribution in [2.24, 2.45) is 11.8 Å². The van der Waals surface area contributed by atoms with Crippen molar-refractivity contribution >= 4 is 0 Å². The van der Waals surface area contributed by atoms with E-state index in [1.54, 1.807) is 12.1 Å². The van der Waals surface area contributed by atoms with Gasteiger partial charge in [0.05, 0.1) is 5.60 Å². The molecule has 1 aliphatic rings. The van der Waals surface area contributed by atoms with Crippen LogP contribution in [-0.2, 0) is 5.60 Å². The zero-order valence-electron chi connectivity index (χ0n) is 9.91. The summed E-state index contributed by atoms with van der Waals surface area (Å²) < 4.78 is 12.9. The fourth-order valence-electron chi connectivity index (χ4n) is 2.75. The van der Waals surface area contributed by atoms with Gasteiger partial charge in [-0.1, -0.05) is 32.4 Å². The van der Waals surface area contributed by atoms with Crippen LogP contribution in [0.1, 0.15) is 38.7 Å². The highest BCUT2D eigenvalue weighted by Gasteiger charge is 2.40. The first-order chi connectivity index (χ1) is 7.52. The van der Waals surface area contributed by atoms with Crippen molar-refractivity contribution in [3.8, 4) is 0 Å². The molecule has 1 nitrogen and oxygen atoms in total. The summed E-state index contributed by atoms with van der Waals surface area (Å²) in [5.41, 5.74) is 0.0821. The van der Waals surface area contributed by atoms with Crippen LogP contribution in [-0.4, -0.2) is 5.11 Å². The first-order valence-corrected chi connectivity index (χ1v) is 6.01. The molecule has 3 unspecified atom stereocenters. The van der Waals surface area contributed by atoms with E-state index in [-0.39, 0.29) is 11.7 Å². The quantitative estimate of drug-likeness (QED) is 0.771. The fraction of sp³-hybridized carbons (Fsp3) is 0.571. The van der Waals surface area contributed by atoms with Gasteiger partial charge in [-0.25, -0.2) is 4.39 Å². The molecule has 88 valence electrons. The van der Waals surface area contributed by atoms with Crippen LogP contribution in [0.2, 0.25) is 0 Å². The molecule has 0 saturated heterocycles. The maximum absolute atomic E-state index is 12.9. The number of halogens is 1. The number of benzene rings is 1. The van der Waals surface area contributed by atoms with Crippen molar-refractivity contribution in [2.45, 2.75) is 38.7 Å². The fourth-order valence-corrected chi connectivity index (χ4v) is 2.75. The molecule has 0 amide bonds. The number of hydrogen-bond donors (Lipinski definition) is 1. The zero-order valence-corrected chi connectivity index (χ0v) is 9.91. The molecule has 2 rings (SSSR count). The molecule has 3 atom stereocenters. The van der Waals surface area contributed by atoms with Gasteiger partial charge >= 0.3 is 0 Å². The van der Waals surface area contributed by atoms with E-state index in [2.05, 4.69) is 13.8 Å². The van der Waals surface area contributed by atoms with Crippen molar-refractivity contribution in [1.82, 2.24) is 0 Å². The average Bonchev–Trinajstić information content (AvgIpc) is 2.25. The summed E-state index contributed by atoms with van der Waals surface area (Å²) >= 11 is 0. The molecule has 2 heteroatoms. The highest BCUT2D eigenvalue weighted by molar-refractivity contribution is 5.24. The van der Waals surface area contributed by atoms with Crippen molar-refractivity contribution in [3.63, 3.8) is 0 Å². The second kappa shape index (κ2) is 4.17. The van der Waals surface area contributed by atoms with Crippen LogP contribution in [0.3, 0.4) is 0 Å². The molecule has 0 bridgehead atoms. The Morgan fingerprint density at radius 2 is 1.81 bits per heavy atom. The molecule has 1 N–H and O–H groups in total. The number of aliphatic hydroxyl groups is 1. The molecule has 1 aromatic carbocycles. The molecule has 1 aromatic rings. The van der Waals surface area contributed by atoms with Gasteiger partial charge in [0.2, 0.25) is 0 Å². The van der Waals surface area contributed by atoms with Gasteiger partial charge in [0.15, 0.2) is 0 Å². The van der Waals surface area contributed by atoms with E-state index in [9.17, 15) is 9.50 Å². The Labute approximate surface area is 96.3 Å². The summed E-state index contributed by atoms with van der Waals surface area (Å²) in [6, 6.07) is 6.28. The molecule has 1 saturated carbocycles. The van der Waals surface area contributed by atoms with E-state index < -0.39 is 5.60 Å². The van der Waals surface area contributed by atoms with Gasteiger partial charge in [-0.3, -0.25) is 0 Å². The smallest absolute Gasteiger partial charge is 0.123 e. The van der Waals surface area contributed by atoms with Crippen LogP contribution in [0.15, 0.2) is 24.3 Å². The monoisotopic (exact) mass is 222 g/mol. The molecule has 0 radical (unpaired) electrons. The summed E-state index contributed by atoms with van der Waals surface area (Å²) in [4.78, 5) is 0. The first-order valence-electron chi connectivity index (χ1n) is 6.01. The lowest BCUT2D eigenvalue weighted by Crippen LogP contribution is -2.39. The normalized spacial score (nSPS) is 35.0. The third-order valence-corrected chi connectivity index (χ3v) is 3.91. The van der Waals surface area contributed by atoms with Gasteiger partial charge in [-0.15, -0.1) is 0 Å². The van der Waals surface area contributed by atoms with Crippen LogP contribution in [0.4, 0.5) is 4.39 Å². The summed E-state index contributed by atoms with van der Waals surface area (Å²) in [6.07, 6.45) is 2.99. The Morgan fingerprint density at radius 1 is 1.19 bits per heavy atom. The van der Waals surface area contributed by atoms with E-state index >= 15 is 0 Å². The van der Waals surface area contributed by atoms with Crippen molar-refractivity contribution in [1.29, 1.82) is 0 Å². The van der Waals surface area contributed by atoms with Crippen molar-refractivity contribution < 1.29 is 9.50 Å². The SMILES string of the molecule is CC1CCC(C)C(O)(c2ccc(F)cc2)C1. The van der Waals surface area contributed by atoms with Crippen molar-refractivity contribution in [3.05, 3.63) is 35.6 Å². The van der Waals surface area contributed by atoms with Crippen LogP contribution < -0.4 is 0 Å². The molecular weight excluding hydrogens is 203 g/mol. The number of rotatable bonds is 1. The molecule has 16 heavy (non-hydrogen) atoms. The summed E-state index contributed by atoms with van der Waals surface area (Å²) in [5.74, 6) is 0.532. The third kappa shape index (κ3) is 1.99. The summed E-state index contributed by atoms with van der Waals surface area (Å²) in [7, 11) is 0. The predicted octanol–water partition coefficient (Wildman–Crippen LogP) is 3.47. The van der Waals surface area contributed by atoms with Crippen LogP contribution in [0.5, 0.6) is 0 Å². The van der Waals surface area contributed by atoms with Crippen molar-refractivity contribution in [2.75, 3.05) is 0 Å². The second-order valence-corrected chi connectivity index (χ2v) is 5.22. The van der Waals surface area contributed by atoms with Crippen LogP contribution >= 0.6 is 0 Å². The Morgan fingerprint density at radius 3 is 2.44 bits per heavy atom. The largest absolute Gasteiger partial charge is 0.385 e. The van der Waals surface area contributed by atoms with E-state index in [0.717, 1.165) is 18.4 Å². The standard InChI is InChI=1S/C14H19FO/c1-10-3-4-11(2)14(16,9-10)12-5-7-13(15)8-6-12/h5-8,10-11,16H,3-4,9H2,1-2H3. The van der Waals surface area contributed by atoms with Gasteiger partial charge in [0.1, 0.15) is 5.82 Å². The van der Waals surface area contributed by atoms with E-state index in [0.29, 0.717) is 5.92 Å². The predicted molar refractivity (Wildman–Crippen MR) is 62.5 cm³/mol. The molecular formula is C14H19FO. The maximum Gasteiger partial charge on any atom is 0.123 e. The lowest BCUT2D eigenvalue weighted by atomic mass is 9.69. The molecule has 1 aliphatic carbocycles. The van der Waals surface area contributed by atoms with Gasteiger partial charge in [0.25, 0.3) is 0 Å². The van der Waals surface area contributed by atoms with Gasteiger partial charge in [0, 0.05) is 0 Å². The minimum absolute atomic E-state index is 0.245. The first kappa shape index (κ1) is 11.6. The van der Waals surface area contributed by atoms with Gasteiger partial charge in [-0.05, 0) is 42.4 Å². The molecule has 0 spiro atoms. The average molecular weight is 222 g/mol. The molecule has 1 fully saturated rings. The van der Waals surface area contributed by atoms with Crippen LogP contribution in [0.25, 0.3) is 0 Å². The highest BCUT2D eigenvalue weighted by atomic mass is 19.1. The van der Waals surface area contributed by atoms with E-state index in [1.807, 2.05) is 0 Å². The third-order valence-electron chi connectivity index (χ3n) is 3.91. The molecule has 0 aliphatic heterocycles. The molecule has 0 aromatic heterocycles. The van der Waals surface area contributed by atoms with Crippen LogP contribution in [0, 0.1) is 17.7 Å². The zero-order chi connectivity index (χ0) is 11.8.